The molecule has 1 unspecified atom stereocenters. The Hall–Kier alpha value is -2.47. The van der Waals surface area contributed by atoms with Crippen LogP contribution in [0.15, 0.2) is 24.3 Å². The van der Waals surface area contributed by atoms with Crippen molar-refractivity contribution in [1.29, 1.82) is 5.26 Å². The highest BCUT2D eigenvalue weighted by Gasteiger charge is 2.50. The Balaban J connectivity index is 2.26. The van der Waals surface area contributed by atoms with Crippen molar-refractivity contribution in [3.63, 3.8) is 0 Å². The number of aromatic nitrogens is 1. The van der Waals surface area contributed by atoms with Crippen LogP contribution in [-0.4, -0.2) is 15.6 Å². The van der Waals surface area contributed by atoms with E-state index in [1.54, 1.807) is 6.07 Å². The zero-order valence-corrected chi connectivity index (χ0v) is 12.4. The molecule has 1 aromatic carbocycles. The Labute approximate surface area is 137 Å². The number of aliphatic hydroxyl groups is 1. The molecule has 0 amide bonds. The van der Waals surface area contributed by atoms with E-state index in [1.807, 2.05) is 0 Å². The van der Waals surface area contributed by atoms with Crippen molar-refractivity contribution in [1.82, 2.24) is 4.57 Å². The largest absolute Gasteiger partial charge is 0.418 e. The second kappa shape index (κ2) is 5.52. The van der Waals surface area contributed by atoms with E-state index in [4.69, 9.17) is 5.26 Å². The van der Waals surface area contributed by atoms with Crippen molar-refractivity contribution in [3.05, 3.63) is 46.9 Å². The first kappa shape index (κ1) is 17.4. The molecule has 2 aromatic rings. The summed E-state index contributed by atoms with van der Waals surface area (Å²) in [6.07, 6.45) is -8.52. The molecule has 2 heterocycles. The Morgan fingerprint density at radius 3 is 2.48 bits per heavy atom. The molecule has 0 saturated heterocycles. The van der Waals surface area contributed by atoms with Crippen molar-refractivity contribution in [3.8, 4) is 17.3 Å². The van der Waals surface area contributed by atoms with Gasteiger partial charge in [-0.2, -0.15) is 18.4 Å². The Morgan fingerprint density at radius 1 is 1.24 bits per heavy atom. The minimum absolute atomic E-state index is 0.0331. The minimum atomic E-state index is -4.99. The number of benzene rings is 1. The van der Waals surface area contributed by atoms with Gasteiger partial charge in [0.2, 0.25) is 0 Å². The van der Waals surface area contributed by atoms with Crippen LogP contribution in [0.4, 0.5) is 26.3 Å². The minimum Gasteiger partial charge on any atom is -0.381 e. The first-order valence-corrected chi connectivity index (χ1v) is 7.13. The number of fused-ring (bicyclic) bond motifs is 1. The third-order valence-electron chi connectivity index (χ3n) is 4.15. The van der Waals surface area contributed by atoms with E-state index in [-0.39, 0.29) is 16.8 Å². The highest BCUT2D eigenvalue weighted by atomic mass is 19.4. The zero-order chi connectivity index (χ0) is 18.6. The predicted molar refractivity (Wildman–Crippen MR) is 74.1 cm³/mol. The van der Waals surface area contributed by atoms with E-state index in [0.29, 0.717) is 6.07 Å². The number of alkyl halides is 5. The molecule has 25 heavy (non-hydrogen) atoms. The molecule has 132 valence electrons. The van der Waals surface area contributed by atoms with E-state index in [9.17, 15) is 31.4 Å². The Kier molecular flexibility index (Phi) is 3.84. The molecular weight excluding hydrogens is 350 g/mol. The summed E-state index contributed by atoms with van der Waals surface area (Å²) in [5, 5.41) is 18.5. The summed E-state index contributed by atoms with van der Waals surface area (Å²) in [5.41, 5.74) is -3.00. The van der Waals surface area contributed by atoms with Crippen molar-refractivity contribution < 1.29 is 31.4 Å². The average molecular weight is 360 g/mol. The first-order valence-electron chi connectivity index (χ1n) is 7.13. The van der Waals surface area contributed by atoms with Crippen LogP contribution in [0.25, 0.3) is 11.3 Å². The average Bonchev–Trinajstić information content (AvgIpc) is 2.91. The maximum absolute atomic E-state index is 14.2. The van der Waals surface area contributed by atoms with Crippen molar-refractivity contribution in [2.24, 2.45) is 0 Å². The van der Waals surface area contributed by atoms with Gasteiger partial charge >= 0.3 is 6.18 Å². The van der Waals surface area contributed by atoms with E-state index >= 15 is 0 Å². The summed E-state index contributed by atoms with van der Waals surface area (Å²) in [6, 6.07) is 5.39. The number of hydrogen-bond acceptors (Lipinski definition) is 2. The molecular formula is C16H10F6N2O. The molecule has 0 aliphatic carbocycles. The molecule has 0 fully saturated rings. The van der Waals surface area contributed by atoms with Gasteiger partial charge in [0, 0.05) is 18.5 Å². The predicted octanol–water partition coefficient (Wildman–Crippen LogP) is 4.26. The third-order valence-corrected chi connectivity index (χ3v) is 4.15. The van der Waals surface area contributed by atoms with E-state index in [2.05, 4.69) is 0 Å². The van der Waals surface area contributed by atoms with Crippen LogP contribution in [0.2, 0.25) is 0 Å². The number of halogens is 6. The van der Waals surface area contributed by atoms with Gasteiger partial charge in [-0.05, 0) is 24.3 Å². The fourth-order valence-electron chi connectivity index (χ4n) is 2.94. The summed E-state index contributed by atoms with van der Waals surface area (Å²) >= 11 is 0. The molecule has 1 aliphatic heterocycles. The lowest BCUT2D eigenvalue weighted by atomic mass is 9.99. The first-order chi connectivity index (χ1) is 11.6. The number of rotatable bonds is 1. The molecule has 1 atom stereocenters. The van der Waals surface area contributed by atoms with Crippen LogP contribution in [0.1, 0.15) is 29.3 Å². The Bertz CT molecular complexity index is 878. The van der Waals surface area contributed by atoms with Gasteiger partial charge in [0.25, 0.3) is 5.92 Å². The quantitative estimate of drug-likeness (QED) is 0.773. The standard InChI is InChI=1S/C16H10F6N2O/c17-11-5-8(7-23)1-2-9(11)12-6-10(16(20,21)22)13-14(25)15(18,19)3-4-24(12)13/h1-2,5-6,14,25H,3-4H2. The fourth-order valence-corrected chi connectivity index (χ4v) is 2.94. The van der Waals surface area contributed by atoms with Crippen molar-refractivity contribution in [2.45, 2.75) is 31.2 Å². The molecule has 1 aromatic heterocycles. The fraction of sp³-hybridized carbons (Fsp3) is 0.312. The van der Waals surface area contributed by atoms with Crippen LogP contribution in [0.5, 0.6) is 0 Å². The highest BCUT2D eigenvalue weighted by Crippen LogP contribution is 2.47. The number of nitrogens with zero attached hydrogens (tertiary/aromatic N) is 2. The molecule has 3 rings (SSSR count). The van der Waals surface area contributed by atoms with Crippen LogP contribution in [0.3, 0.4) is 0 Å². The summed E-state index contributed by atoms with van der Waals surface area (Å²) in [4.78, 5) is 0. The lowest BCUT2D eigenvalue weighted by Crippen LogP contribution is -2.36. The van der Waals surface area contributed by atoms with Crippen LogP contribution < -0.4 is 0 Å². The van der Waals surface area contributed by atoms with Gasteiger partial charge < -0.3 is 9.67 Å². The van der Waals surface area contributed by atoms with Crippen molar-refractivity contribution in [2.75, 3.05) is 0 Å². The monoisotopic (exact) mass is 360 g/mol. The molecule has 0 radical (unpaired) electrons. The van der Waals surface area contributed by atoms with Crippen LogP contribution in [-0.2, 0) is 12.7 Å². The highest BCUT2D eigenvalue weighted by molar-refractivity contribution is 5.65. The molecule has 0 saturated carbocycles. The number of aliphatic hydroxyl groups excluding tert-OH is 1. The van der Waals surface area contributed by atoms with Gasteiger partial charge in [0.1, 0.15) is 5.82 Å². The van der Waals surface area contributed by atoms with E-state index in [1.165, 1.54) is 6.07 Å². The molecule has 1 N–H and O–H groups in total. The number of nitriles is 1. The van der Waals surface area contributed by atoms with Gasteiger partial charge in [0.05, 0.1) is 28.6 Å². The van der Waals surface area contributed by atoms with Gasteiger partial charge in [0.15, 0.2) is 6.10 Å². The summed E-state index contributed by atoms with van der Waals surface area (Å²) < 4.78 is 82.2. The second-order valence-corrected chi connectivity index (χ2v) is 5.70. The summed E-state index contributed by atoms with van der Waals surface area (Å²) in [5.74, 6) is -4.67. The van der Waals surface area contributed by atoms with E-state index in [0.717, 1.165) is 16.7 Å². The molecule has 1 aliphatic rings. The topological polar surface area (TPSA) is 49.0 Å². The third kappa shape index (κ3) is 2.76. The van der Waals surface area contributed by atoms with Gasteiger partial charge in [-0.1, -0.05) is 0 Å². The molecule has 0 bridgehead atoms. The van der Waals surface area contributed by atoms with Crippen LogP contribution in [0, 0.1) is 17.1 Å². The molecule has 0 spiro atoms. The zero-order valence-electron chi connectivity index (χ0n) is 12.4. The molecule has 3 nitrogen and oxygen atoms in total. The van der Waals surface area contributed by atoms with Gasteiger partial charge in [-0.15, -0.1) is 0 Å². The Morgan fingerprint density at radius 2 is 1.92 bits per heavy atom. The SMILES string of the molecule is N#Cc1ccc(-c2cc(C(F)(F)F)c3n2CCC(F)(F)C3O)c(F)c1. The summed E-state index contributed by atoms with van der Waals surface area (Å²) in [7, 11) is 0. The van der Waals surface area contributed by atoms with Crippen LogP contribution >= 0.6 is 0 Å². The summed E-state index contributed by atoms with van der Waals surface area (Å²) in [6.45, 7) is -0.510. The second-order valence-electron chi connectivity index (χ2n) is 5.70. The van der Waals surface area contributed by atoms with E-state index < -0.39 is 48.2 Å². The lowest BCUT2D eigenvalue weighted by Gasteiger charge is -2.31. The maximum Gasteiger partial charge on any atom is 0.418 e. The smallest absolute Gasteiger partial charge is 0.381 e. The van der Waals surface area contributed by atoms with Gasteiger partial charge in [-0.3, -0.25) is 0 Å². The van der Waals surface area contributed by atoms with Crippen molar-refractivity contribution >= 4 is 0 Å². The lowest BCUT2D eigenvalue weighted by molar-refractivity contribution is -0.152. The number of hydrogen-bond donors (Lipinski definition) is 1. The maximum atomic E-state index is 14.2. The van der Waals surface area contributed by atoms with Gasteiger partial charge in [-0.25, -0.2) is 13.2 Å². The molecule has 9 heteroatoms. The normalized spacial score (nSPS) is 19.4.